The summed E-state index contributed by atoms with van der Waals surface area (Å²) in [6.07, 6.45) is 0.397. The molecule has 1 nitrogen and oxygen atoms in total. The molecule has 0 saturated heterocycles. The van der Waals surface area contributed by atoms with Crippen molar-refractivity contribution in [2.24, 2.45) is 0 Å². The van der Waals surface area contributed by atoms with Crippen molar-refractivity contribution in [3.8, 4) is 0 Å². The molecule has 1 aromatic rings. The summed E-state index contributed by atoms with van der Waals surface area (Å²) in [7, 11) is 0. The number of hydrogen-bond donors (Lipinski definition) is 0. The second kappa shape index (κ2) is 5.61. The number of hydrogen-bond acceptors (Lipinski definition) is 1. The van der Waals surface area contributed by atoms with E-state index in [1.165, 1.54) is 0 Å². The van der Waals surface area contributed by atoms with Gasteiger partial charge in [0.2, 0.25) is 0 Å². The third kappa shape index (κ3) is 2.89. The van der Waals surface area contributed by atoms with E-state index >= 15 is 0 Å². The number of rotatable bonds is 4. The zero-order valence-corrected chi connectivity index (χ0v) is 10.6. The van der Waals surface area contributed by atoms with E-state index in [4.69, 9.17) is 0 Å². The molecule has 0 aliphatic rings. The molecule has 0 radical (unpaired) electrons. The number of halogens is 3. The Labute approximate surface area is 99.0 Å². The molecule has 4 heteroatoms. The van der Waals surface area contributed by atoms with Gasteiger partial charge >= 0.3 is 0 Å². The third-order valence-electron chi connectivity index (χ3n) is 1.83. The molecule has 76 valence electrons. The van der Waals surface area contributed by atoms with E-state index in [0.717, 1.165) is 4.47 Å². The van der Waals surface area contributed by atoms with Crippen molar-refractivity contribution in [1.82, 2.24) is 0 Å². The van der Waals surface area contributed by atoms with Gasteiger partial charge in [0.15, 0.2) is 5.78 Å². The van der Waals surface area contributed by atoms with Crippen molar-refractivity contribution >= 4 is 37.6 Å². The molecule has 0 atom stereocenters. The molecule has 14 heavy (non-hydrogen) atoms. The molecule has 0 spiro atoms. The molecular weight excluding hydrogens is 315 g/mol. The first-order chi connectivity index (χ1) is 6.69. The number of alkyl halides is 2. The quantitative estimate of drug-likeness (QED) is 0.607. The highest BCUT2D eigenvalue weighted by molar-refractivity contribution is 9.10. The summed E-state index contributed by atoms with van der Waals surface area (Å²) < 4.78 is 13.4. The van der Waals surface area contributed by atoms with E-state index in [0.29, 0.717) is 22.9 Å². The first-order valence-electron chi connectivity index (χ1n) is 4.12. The highest BCUT2D eigenvalue weighted by Gasteiger charge is 2.10. The van der Waals surface area contributed by atoms with Crippen LogP contribution in [-0.4, -0.2) is 11.1 Å². The van der Waals surface area contributed by atoms with Crippen LogP contribution in [0.1, 0.15) is 22.3 Å². The molecule has 0 unspecified atom stereocenters. The van der Waals surface area contributed by atoms with Crippen LogP contribution in [0.3, 0.4) is 0 Å². The van der Waals surface area contributed by atoms with Crippen LogP contribution in [0, 0.1) is 0 Å². The van der Waals surface area contributed by atoms with Crippen LogP contribution < -0.4 is 0 Å². The Kier molecular flexibility index (Phi) is 4.75. The number of Topliss-reactive ketones (excluding diaryl/α,β-unsaturated/α-hetero) is 1. The van der Waals surface area contributed by atoms with Crippen molar-refractivity contribution in [2.75, 3.05) is 5.33 Å². The zero-order chi connectivity index (χ0) is 10.6. The molecule has 0 heterocycles. The van der Waals surface area contributed by atoms with Gasteiger partial charge in [0.1, 0.15) is 6.67 Å². The highest BCUT2D eigenvalue weighted by Crippen LogP contribution is 2.19. The van der Waals surface area contributed by atoms with Crippen LogP contribution in [0.5, 0.6) is 0 Å². The normalized spacial score (nSPS) is 10.2. The van der Waals surface area contributed by atoms with E-state index in [1.54, 1.807) is 18.2 Å². The summed E-state index contributed by atoms with van der Waals surface area (Å²) in [5.74, 6) is -0.0259. The fraction of sp³-hybridized carbons (Fsp3) is 0.300. The molecule has 0 amide bonds. The second-order valence-electron chi connectivity index (χ2n) is 2.80. The maximum Gasteiger partial charge on any atom is 0.164 e. The third-order valence-corrected chi connectivity index (χ3v) is 2.72. The predicted octanol–water partition coefficient (Wildman–Crippen LogP) is 3.89. The number of carbonyl (C=O) groups excluding carboxylic acids is 1. The van der Waals surface area contributed by atoms with Crippen LogP contribution >= 0.6 is 31.9 Å². The van der Waals surface area contributed by atoms with Gasteiger partial charge in [-0.1, -0.05) is 31.9 Å². The van der Waals surface area contributed by atoms with Crippen LogP contribution in [0.25, 0.3) is 0 Å². The zero-order valence-electron chi connectivity index (χ0n) is 7.40. The van der Waals surface area contributed by atoms with Crippen LogP contribution in [0.4, 0.5) is 4.39 Å². The molecule has 1 aromatic carbocycles. The van der Waals surface area contributed by atoms with E-state index in [-0.39, 0.29) is 5.78 Å². The molecule has 0 N–H and O–H groups in total. The molecule has 0 aliphatic carbocycles. The van der Waals surface area contributed by atoms with E-state index in [1.807, 2.05) is 0 Å². The van der Waals surface area contributed by atoms with Crippen molar-refractivity contribution < 1.29 is 9.18 Å². The van der Waals surface area contributed by atoms with Gasteiger partial charge in [-0.05, 0) is 23.8 Å². The number of benzene rings is 1. The number of carbonyl (C=O) groups is 1. The van der Waals surface area contributed by atoms with Crippen LogP contribution in [-0.2, 0) is 6.67 Å². The van der Waals surface area contributed by atoms with Gasteiger partial charge in [-0.2, -0.15) is 0 Å². The number of ketones is 1. The van der Waals surface area contributed by atoms with Gasteiger partial charge in [-0.25, -0.2) is 4.39 Å². The lowest BCUT2D eigenvalue weighted by atomic mass is 10.0. The Morgan fingerprint density at radius 3 is 2.71 bits per heavy atom. The lowest BCUT2D eigenvalue weighted by molar-refractivity contribution is 0.0988. The van der Waals surface area contributed by atoms with Crippen molar-refractivity contribution in [2.45, 2.75) is 13.1 Å². The van der Waals surface area contributed by atoms with E-state index < -0.39 is 6.67 Å². The monoisotopic (exact) mass is 322 g/mol. The molecule has 0 fully saturated rings. The van der Waals surface area contributed by atoms with Gasteiger partial charge in [-0.15, -0.1) is 0 Å². The molecule has 0 bridgehead atoms. The maximum absolute atomic E-state index is 12.6. The lowest BCUT2D eigenvalue weighted by Gasteiger charge is -2.04. The van der Waals surface area contributed by atoms with Gasteiger partial charge in [0.25, 0.3) is 0 Å². The minimum atomic E-state index is -0.608. The summed E-state index contributed by atoms with van der Waals surface area (Å²) in [5, 5.41) is 0.605. The Morgan fingerprint density at radius 1 is 1.43 bits per heavy atom. The standard InChI is InChI=1S/C10H9Br2FO/c11-4-3-10(14)9-2-1-8(12)5-7(9)6-13/h1-2,5H,3-4,6H2. The summed E-state index contributed by atoms with van der Waals surface area (Å²) in [5.41, 5.74) is 0.931. The molecule has 0 saturated carbocycles. The summed E-state index contributed by atoms with van der Waals surface area (Å²) >= 11 is 6.42. The summed E-state index contributed by atoms with van der Waals surface area (Å²) in [4.78, 5) is 11.5. The highest BCUT2D eigenvalue weighted by atomic mass is 79.9. The second-order valence-corrected chi connectivity index (χ2v) is 4.51. The fourth-order valence-electron chi connectivity index (χ4n) is 1.17. The fourth-order valence-corrected chi connectivity index (χ4v) is 1.93. The molecule has 0 aliphatic heterocycles. The van der Waals surface area contributed by atoms with Crippen molar-refractivity contribution in [3.63, 3.8) is 0 Å². The SMILES string of the molecule is O=C(CCBr)c1ccc(Br)cc1CF. The largest absolute Gasteiger partial charge is 0.294 e. The Bertz CT molecular complexity index is 339. The Morgan fingerprint density at radius 2 is 2.14 bits per heavy atom. The van der Waals surface area contributed by atoms with Gasteiger partial charge in [0.05, 0.1) is 0 Å². The van der Waals surface area contributed by atoms with E-state index in [9.17, 15) is 9.18 Å². The summed E-state index contributed by atoms with van der Waals surface area (Å²) in [6, 6.07) is 5.05. The van der Waals surface area contributed by atoms with Crippen molar-refractivity contribution in [3.05, 3.63) is 33.8 Å². The Balaban J connectivity index is 3.01. The van der Waals surface area contributed by atoms with Crippen molar-refractivity contribution in [1.29, 1.82) is 0 Å². The smallest absolute Gasteiger partial charge is 0.164 e. The van der Waals surface area contributed by atoms with Crippen LogP contribution in [0.2, 0.25) is 0 Å². The maximum atomic E-state index is 12.6. The van der Waals surface area contributed by atoms with Gasteiger partial charge < -0.3 is 0 Å². The topological polar surface area (TPSA) is 17.1 Å². The molecule has 0 aromatic heterocycles. The first kappa shape index (κ1) is 11.9. The van der Waals surface area contributed by atoms with E-state index in [2.05, 4.69) is 31.9 Å². The molecular formula is C10H9Br2FO. The minimum absolute atomic E-state index is 0.0259. The van der Waals surface area contributed by atoms with Crippen LogP contribution in [0.15, 0.2) is 22.7 Å². The molecule has 1 rings (SSSR count). The minimum Gasteiger partial charge on any atom is -0.294 e. The lowest BCUT2D eigenvalue weighted by Crippen LogP contribution is -2.03. The predicted molar refractivity (Wildman–Crippen MR) is 61.7 cm³/mol. The average molecular weight is 324 g/mol. The first-order valence-corrected chi connectivity index (χ1v) is 6.04. The average Bonchev–Trinajstić information content (AvgIpc) is 2.17. The van der Waals surface area contributed by atoms with Gasteiger partial charge in [0, 0.05) is 21.8 Å². The summed E-state index contributed by atoms with van der Waals surface area (Å²) in [6.45, 7) is -0.608. The Hall–Kier alpha value is -0.220. The van der Waals surface area contributed by atoms with Gasteiger partial charge in [-0.3, -0.25) is 4.79 Å².